The van der Waals surface area contributed by atoms with Gasteiger partial charge in [0.15, 0.2) is 4.77 Å². The van der Waals surface area contributed by atoms with Crippen LogP contribution in [-0.4, -0.2) is 22.8 Å². The Bertz CT molecular complexity index is 561. The number of aromatic amines is 1. The molecule has 0 spiro atoms. The number of H-pyrrole nitrogens is 1. The number of ether oxygens (including phenoxy) is 1. The van der Waals surface area contributed by atoms with Gasteiger partial charge in [0.25, 0.3) is 0 Å². The fourth-order valence-electron chi connectivity index (χ4n) is 1.83. The Morgan fingerprint density at radius 1 is 1.47 bits per heavy atom. The molecule has 0 amide bonds. The Kier molecular flexibility index (Phi) is 4.20. The lowest BCUT2D eigenvalue weighted by Crippen LogP contribution is -2.02. The summed E-state index contributed by atoms with van der Waals surface area (Å²) in [4.78, 5) is 3.16. The molecule has 0 saturated carbocycles. The standard InChI is InChI=1S/C12H15ClN2OS/c1-2-16-7-3-6-15-11-5-4-9(13)8-10(11)14-12(15)17/h4-5,8H,2-3,6-7H2,1H3,(H,14,17). The first-order chi connectivity index (χ1) is 8.22. The van der Waals surface area contributed by atoms with Gasteiger partial charge >= 0.3 is 0 Å². The Morgan fingerprint density at radius 2 is 2.29 bits per heavy atom. The maximum absolute atomic E-state index is 5.94. The molecule has 2 rings (SSSR count). The molecule has 2 aromatic rings. The molecule has 1 N–H and O–H groups in total. The lowest BCUT2D eigenvalue weighted by Gasteiger charge is -2.04. The number of benzene rings is 1. The molecule has 1 aromatic heterocycles. The third kappa shape index (κ3) is 2.89. The quantitative estimate of drug-likeness (QED) is 0.662. The fourth-order valence-corrected chi connectivity index (χ4v) is 2.30. The first-order valence-corrected chi connectivity index (χ1v) is 6.47. The van der Waals surface area contributed by atoms with Crippen LogP contribution in [0.4, 0.5) is 0 Å². The van der Waals surface area contributed by atoms with Gasteiger partial charge in [0, 0.05) is 24.8 Å². The van der Waals surface area contributed by atoms with E-state index in [1.807, 2.05) is 25.1 Å². The van der Waals surface area contributed by atoms with Gasteiger partial charge in [0.1, 0.15) is 0 Å². The van der Waals surface area contributed by atoms with E-state index in [2.05, 4.69) is 9.55 Å². The van der Waals surface area contributed by atoms with Gasteiger partial charge in [-0.25, -0.2) is 0 Å². The van der Waals surface area contributed by atoms with Crippen molar-refractivity contribution in [2.75, 3.05) is 13.2 Å². The van der Waals surface area contributed by atoms with Crippen LogP contribution in [0.15, 0.2) is 18.2 Å². The van der Waals surface area contributed by atoms with E-state index in [-0.39, 0.29) is 0 Å². The summed E-state index contributed by atoms with van der Waals surface area (Å²) in [5.74, 6) is 0. The van der Waals surface area contributed by atoms with Crippen LogP contribution >= 0.6 is 23.8 Å². The van der Waals surface area contributed by atoms with Crippen LogP contribution in [0.2, 0.25) is 5.02 Å². The van der Waals surface area contributed by atoms with Gasteiger partial charge in [-0.15, -0.1) is 0 Å². The summed E-state index contributed by atoms with van der Waals surface area (Å²) >= 11 is 11.2. The number of imidazole rings is 1. The molecule has 0 aliphatic heterocycles. The average Bonchev–Trinajstić information content (AvgIpc) is 2.60. The highest BCUT2D eigenvalue weighted by molar-refractivity contribution is 7.71. The topological polar surface area (TPSA) is 29.9 Å². The molecule has 0 aliphatic carbocycles. The Balaban J connectivity index is 2.21. The van der Waals surface area contributed by atoms with E-state index in [4.69, 9.17) is 28.6 Å². The monoisotopic (exact) mass is 270 g/mol. The van der Waals surface area contributed by atoms with Crippen LogP contribution in [0.5, 0.6) is 0 Å². The van der Waals surface area contributed by atoms with Crippen molar-refractivity contribution in [3.05, 3.63) is 28.0 Å². The summed E-state index contributed by atoms with van der Waals surface area (Å²) in [5.41, 5.74) is 2.08. The summed E-state index contributed by atoms with van der Waals surface area (Å²) in [6.07, 6.45) is 0.956. The second kappa shape index (κ2) is 5.67. The number of aryl methyl sites for hydroxylation is 1. The van der Waals surface area contributed by atoms with Crippen LogP contribution in [0.3, 0.4) is 0 Å². The molecule has 0 aliphatic rings. The summed E-state index contributed by atoms with van der Waals surface area (Å²) < 4.78 is 8.14. The van der Waals surface area contributed by atoms with E-state index in [9.17, 15) is 0 Å². The van der Waals surface area contributed by atoms with Crippen molar-refractivity contribution in [3.63, 3.8) is 0 Å². The van der Waals surface area contributed by atoms with E-state index >= 15 is 0 Å². The summed E-state index contributed by atoms with van der Waals surface area (Å²) in [6, 6.07) is 5.77. The van der Waals surface area contributed by atoms with Gasteiger partial charge in [-0.05, 0) is 43.8 Å². The molecule has 0 bridgehead atoms. The number of fused-ring (bicyclic) bond motifs is 1. The molecule has 3 nitrogen and oxygen atoms in total. The van der Waals surface area contributed by atoms with Crippen molar-refractivity contribution in [2.45, 2.75) is 19.9 Å². The molecule has 17 heavy (non-hydrogen) atoms. The second-order valence-electron chi connectivity index (χ2n) is 3.79. The molecular weight excluding hydrogens is 256 g/mol. The Hall–Kier alpha value is -0.840. The summed E-state index contributed by atoms with van der Waals surface area (Å²) in [6.45, 7) is 4.38. The zero-order valence-electron chi connectivity index (χ0n) is 9.70. The van der Waals surface area contributed by atoms with Crippen molar-refractivity contribution in [2.24, 2.45) is 0 Å². The van der Waals surface area contributed by atoms with Crippen molar-refractivity contribution in [1.29, 1.82) is 0 Å². The molecule has 92 valence electrons. The predicted octanol–water partition coefficient (Wildman–Crippen LogP) is 3.78. The van der Waals surface area contributed by atoms with E-state index in [0.717, 1.165) is 47.0 Å². The molecule has 0 saturated heterocycles. The summed E-state index contributed by atoms with van der Waals surface area (Å²) in [7, 11) is 0. The van der Waals surface area contributed by atoms with Gasteiger partial charge in [-0.2, -0.15) is 0 Å². The molecule has 0 radical (unpaired) electrons. The minimum atomic E-state index is 0.718. The largest absolute Gasteiger partial charge is 0.382 e. The number of nitrogens with zero attached hydrogens (tertiary/aromatic N) is 1. The molecule has 0 atom stereocenters. The third-order valence-corrected chi connectivity index (χ3v) is 3.17. The number of rotatable bonds is 5. The predicted molar refractivity (Wildman–Crippen MR) is 73.2 cm³/mol. The van der Waals surface area contributed by atoms with Crippen molar-refractivity contribution < 1.29 is 4.74 Å². The number of aromatic nitrogens is 2. The Labute approximate surface area is 110 Å². The van der Waals surface area contributed by atoms with E-state index in [0.29, 0.717) is 0 Å². The average molecular weight is 271 g/mol. The molecule has 0 unspecified atom stereocenters. The highest BCUT2D eigenvalue weighted by Crippen LogP contribution is 2.19. The van der Waals surface area contributed by atoms with Crippen LogP contribution in [0, 0.1) is 4.77 Å². The van der Waals surface area contributed by atoms with Gasteiger partial charge in [-0.1, -0.05) is 11.6 Å². The molecule has 5 heteroatoms. The third-order valence-electron chi connectivity index (χ3n) is 2.61. The number of hydrogen-bond donors (Lipinski definition) is 1. The van der Waals surface area contributed by atoms with E-state index in [1.54, 1.807) is 0 Å². The van der Waals surface area contributed by atoms with Gasteiger partial charge in [0.05, 0.1) is 11.0 Å². The van der Waals surface area contributed by atoms with E-state index in [1.165, 1.54) is 0 Å². The fraction of sp³-hybridized carbons (Fsp3) is 0.417. The molecule has 0 fully saturated rings. The minimum Gasteiger partial charge on any atom is -0.382 e. The second-order valence-corrected chi connectivity index (χ2v) is 4.62. The lowest BCUT2D eigenvalue weighted by atomic mass is 10.3. The first kappa shape index (κ1) is 12.6. The maximum atomic E-state index is 5.94. The lowest BCUT2D eigenvalue weighted by molar-refractivity contribution is 0.142. The van der Waals surface area contributed by atoms with Gasteiger partial charge in [-0.3, -0.25) is 0 Å². The normalized spacial score (nSPS) is 11.2. The summed E-state index contributed by atoms with van der Waals surface area (Å²) in [5, 5.41) is 0.718. The first-order valence-electron chi connectivity index (χ1n) is 5.68. The van der Waals surface area contributed by atoms with Crippen molar-refractivity contribution in [3.8, 4) is 0 Å². The number of nitrogens with one attached hydrogen (secondary N) is 1. The Morgan fingerprint density at radius 3 is 3.06 bits per heavy atom. The van der Waals surface area contributed by atoms with Crippen LogP contribution < -0.4 is 0 Å². The molecular formula is C12H15ClN2OS. The highest BCUT2D eigenvalue weighted by atomic mass is 35.5. The molecule has 1 heterocycles. The number of hydrogen-bond acceptors (Lipinski definition) is 2. The van der Waals surface area contributed by atoms with Crippen molar-refractivity contribution >= 4 is 34.9 Å². The zero-order valence-corrected chi connectivity index (χ0v) is 11.3. The van der Waals surface area contributed by atoms with Crippen molar-refractivity contribution in [1.82, 2.24) is 9.55 Å². The van der Waals surface area contributed by atoms with Gasteiger partial charge < -0.3 is 14.3 Å². The highest BCUT2D eigenvalue weighted by Gasteiger charge is 2.04. The van der Waals surface area contributed by atoms with Gasteiger partial charge in [0.2, 0.25) is 0 Å². The molecule has 1 aromatic carbocycles. The number of halogens is 1. The maximum Gasteiger partial charge on any atom is 0.178 e. The van der Waals surface area contributed by atoms with E-state index < -0.39 is 0 Å². The van der Waals surface area contributed by atoms with Crippen LogP contribution in [-0.2, 0) is 11.3 Å². The van der Waals surface area contributed by atoms with Crippen LogP contribution in [0.1, 0.15) is 13.3 Å². The smallest absolute Gasteiger partial charge is 0.178 e. The minimum absolute atomic E-state index is 0.718. The SMILES string of the molecule is CCOCCCn1c(=S)[nH]c2cc(Cl)ccc21. The van der Waals surface area contributed by atoms with Crippen LogP contribution in [0.25, 0.3) is 11.0 Å². The zero-order chi connectivity index (χ0) is 12.3.